The van der Waals surface area contributed by atoms with Crippen molar-refractivity contribution < 1.29 is 23.5 Å². The van der Waals surface area contributed by atoms with Gasteiger partial charge in [0.2, 0.25) is 0 Å². The molecule has 1 saturated heterocycles. The highest BCUT2D eigenvalue weighted by Gasteiger charge is 2.24. The Labute approximate surface area is 175 Å². The first-order valence-electron chi connectivity index (χ1n) is 9.84. The number of rotatable bonds is 5. The molecule has 0 aliphatic carbocycles. The molecule has 0 aromatic heterocycles. The number of esters is 1. The predicted octanol–water partition coefficient (Wildman–Crippen LogP) is 3.15. The van der Waals surface area contributed by atoms with Gasteiger partial charge in [-0.3, -0.25) is 9.59 Å². The number of aryl methyl sites for hydroxylation is 1. The first kappa shape index (κ1) is 21.5. The zero-order valence-electron chi connectivity index (χ0n) is 17.4. The highest BCUT2D eigenvalue weighted by Crippen LogP contribution is 2.22. The number of nitrogens with zero attached hydrogens (tertiary/aromatic N) is 2. The van der Waals surface area contributed by atoms with Crippen LogP contribution in [0.25, 0.3) is 0 Å². The van der Waals surface area contributed by atoms with Crippen LogP contribution in [-0.4, -0.2) is 55.3 Å². The van der Waals surface area contributed by atoms with Crippen LogP contribution in [0.1, 0.15) is 38.8 Å². The predicted molar refractivity (Wildman–Crippen MR) is 111 cm³/mol. The van der Waals surface area contributed by atoms with E-state index < -0.39 is 11.8 Å². The summed E-state index contributed by atoms with van der Waals surface area (Å²) in [5.41, 5.74) is 3.01. The zero-order valence-corrected chi connectivity index (χ0v) is 17.4. The fourth-order valence-electron chi connectivity index (χ4n) is 3.45. The van der Waals surface area contributed by atoms with Gasteiger partial charge in [0.05, 0.1) is 11.3 Å². The smallest absolute Gasteiger partial charge is 0.338 e. The lowest BCUT2D eigenvalue weighted by atomic mass is 10.0. The van der Waals surface area contributed by atoms with Gasteiger partial charge in [-0.25, -0.2) is 9.18 Å². The zero-order chi connectivity index (χ0) is 21.8. The first-order chi connectivity index (χ1) is 14.3. The Kier molecular flexibility index (Phi) is 6.50. The molecule has 1 aliphatic heterocycles. The van der Waals surface area contributed by atoms with Crippen LogP contribution >= 0.6 is 0 Å². The van der Waals surface area contributed by atoms with E-state index in [1.165, 1.54) is 13.0 Å². The van der Waals surface area contributed by atoms with E-state index in [2.05, 4.69) is 0 Å². The highest BCUT2D eigenvalue weighted by atomic mass is 19.1. The van der Waals surface area contributed by atoms with Crippen molar-refractivity contribution in [3.05, 3.63) is 64.5 Å². The summed E-state index contributed by atoms with van der Waals surface area (Å²) in [5, 5.41) is 0. The molecule has 1 aliphatic rings. The third-order valence-corrected chi connectivity index (χ3v) is 5.48. The Bertz CT molecular complexity index is 981. The molecule has 0 unspecified atom stereocenters. The molecule has 7 heteroatoms. The number of carbonyl (C=O) groups is 3. The number of anilines is 1. The van der Waals surface area contributed by atoms with Gasteiger partial charge in [-0.2, -0.15) is 0 Å². The topological polar surface area (TPSA) is 66.9 Å². The van der Waals surface area contributed by atoms with E-state index in [9.17, 15) is 18.8 Å². The number of piperazine rings is 1. The van der Waals surface area contributed by atoms with Crippen molar-refractivity contribution in [2.24, 2.45) is 0 Å². The molecule has 1 heterocycles. The highest BCUT2D eigenvalue weighted by molar-refractivity contribution is 5.94. The second-order valence-corrected chi connectivity index (χ2v) is 7.41. The molecule has 2 aromatic carbocycles. The maximum absolute atomic E-state index is 14.4. The number of carbonyl (C=O) groups excluding carboxylic acids is 3. The van der Waals surface area contributed by atoms with Gasteiger partial charge in [-0.05, 0) is 56.2 Å². The molecule has 0 spiro atoms. The maximum Gasteiger partial charge on any atom is 0.338 e. The van der Waals surface area contributed by atoms with Crippen molar-refractivity contribution in [1.29, 1.82) is 0 Å². The van der Waals surface area contributed by atoms with Gasteiger partial charge >= 0.3 is 5.97 Å². The number of hydrogen-bond acceptors (Lipinski definition) is 5. The van der Waals surface area contributed by atoms with Gasteiger partial charge in [-0.1, -0.05) is 12.1 Å². The summed E-state index contributed by atoms with van der Waals surface area (Å²) in [6.07, 6.45) is 0. The standard InChI is InChI=1S/C23H25FN2O4/c1-15-5-4-6-19(16(15)2)23(29)30-14-22(28)26-11-9-25(10-12-26)21-8-7-18(17(3)27)13-20(21)24/h4-8,13H,9-12,14H2,1-3H3. The van der Waals surface area contributed by atoms with Crippen molar-refractivity contribution >= 4 is 23.3 Å². The second kappa shape index (κ2) is 9.07. The average Bonchev–Trinajstić information content (AvgIpc) is 2.73. The number of benzene rings is 2. The lowest BCUT2D eigenvalue weighted by molar-refractivity contribution is -0.134. The van der Waals surface area contributed by atoms with Crippen LogP contribution in [0, 0.1) is 19.7 Å². The summed E-state index contributed by atoms with van der Waals surface area (Å²) >= 11 is 0. The van der Waals surface area contributed by atoms with Crippen LogP contribution in [0.4, 0.5) is 10.1 Å². The third kappa shape index (κ3) is 4.67. The van der Waals surface area contributed by atoms with Gasteiger partial charge in [0, 0.05) is 31.7 Å². The first-order valence-corrected chi connectivity index (χ1v) is 9.84. The SMILES string of the molecule is CC(=O)c1ccc(N2CCN(C(=O)COC(=O)c3cccc(C)c3C)CC2)c(F)c1. The van der Waals surface area contributed by atoms with Gasteiger partial charge in [0.1, 0.15) is 5.82 Å². The number of Topliss-reactive ketones (excluding diaryl/α,β-unsaturated/α-hetero) is 1. The lowest BCUT2D eigenvalue weighted by Gasteiger charge is -2.36. The van der Waals surface area contributed by atoms with Crippen LogP contribution < -0.4 is 4.90 Å². The Morgan fingerprint density at radius 2 is 1.73 bits per heavy atom. The summed E-state index contributed by atoms with van der Waals surface area (Å²) in [6.45, 7) is 6.52. The summed E-state index contributed by atoms with van der Waals surface area (Å²) in [7, 11) is 0. The molecule has 1 amide bonds. The lowest BCUT2D eigenvalue weighted by Crippen LogP contribution is -2.50. The van der Waals surface area contributed by atoms with Crippen molar-refractivity contribution in [3.8, 4) is 0 Å². The van der Waals surface area contributed by atoms with E-state index in [-0.39, 0.29) is 18.3 Å². The summed E-state index contributed by atoms with van der Waals surface area (Å²) in [5.74, 6) is -1.44. The van der Waals surface area contributed by atoms with E-state index in [1.54, 1.807) is 29.2 Å². The van der Waals surface area contributed by atoms with E-state index in [0.29, 0.717) is 43.0 Å². The fourth-order valence-corrected chi connectivity index (χ4v) is 3.45. The van der Waals surface area contributed by atoms with Gasteiger partial charge in [0.15, 0.2) is 12.4 Å². The Morgan fingerprint density at radius 1 is 1.03 bits per heavy atom. The van der Waals surface area contributed by atoms with Crippen LogP contribution in [0.5, 0.6) is 0 Å². The van der Waals surface area contributed by atoms with E-state index in [4.69, 9.17) is 4.74 Å². The Morgan fingerprint density at radius 3 is 2.37 bits per heavy atom. The second-order valence-electron chi connectivity index (χ2n) is 7.41. The number of hydrogen-bond donors (Lipinski definition) is 0. The molecule has 0 saturated carbocycles. The largest absolute Gasteiger partial charge is 0.452 e. The van der Waals surface area contributed by atoms with Gasteiger partial charge in [-0.15, -0.1) is 0 Å². The van der Waals surface area contributed by atoms with Crippen LogP contribution in [0.2, 0.25) is 0 Å². The fraction of sp³-hybridized carbons (Fsp3) is 0.348. The molecule has 0 radical (unpaired) electrons. The Balaban J connectivity index is 1.54. The molecule has 158 valence electrons. The molecule has 2 aromatic rings. The third-order valence-electron chi connectivity index (χ3n) is 5.48. The van der Waals surface area contributed by atoms with Crippen molar-refractivity contribution in [1.82, 2.24) is 4.90 Å². The molecule has 6 nitrogen and oxygen atoms in total. The maximum atomic E-state index is 14.4. The quantitative estimate of drug-likeness (QED) is 0.558. The summed E-state index contributed by atoms with van der Waals surface area (Å²) in [6, 6.07) is 9.80. The average molecular weight is 412 g/mol. The molecule has 0 bridgehead atoms. The van der Waals surface area contributed by atoms with Crippen molar-refractivity contribution in [2.75, 3.05) is 37.7 Å². The Hall–Kier alpha value is -3.22. The van der Waals surface area contributed by atoms with E-state index in [1.807, 2.05) is 24.8 Å². The molecule has 1 fully saturated rings. The number of ketones is 1. The van der Waals surface area contributed by atoms with Crippen molar-refractivity contribution in [3.63, 3.8) is 0 Å². The van der Waals surface area contributed by atoms with E-state index >= 15 is 0 Å². The number of halogens is 1. The molecular weight excluding hydrogens is 387 g/mol. The number of ether oxygens (including phenoxy) is 1. The molecule has 3 rings (SSSR count). The summed E-state index contributed by atoms with van der Waals surface area (Å²) in [4.78, 5) is 39.5. The van der Waals surface area contributed by atoms with Gasteiger partial charge in [0.25, 0.3) is 5.91 Å². The molecule has 0 atom stereocenters. The molecule has 0 N–H and O–H groups in total. The minimum absolute atomic E-state index is 0.189. The van der Waals surface area contributed by atoms with Gasteiger partial charge < -0.3 is 14.5 Å². The minimum atomic E-state index is -0.518. The van der Waals surface area contributed by atoms with E-state index in [0.717, 1.165) is 11.1 Å². The summed E-state index contributed by atoms with van der Waals surface area (Å²) < 4.78 is 19.6. The van der Waals surface area contributed by atoms with Crippen LogP contribution in [0.15, 0.2) is 36.4 Å². The van der Waals surface area contributed by atoms with Crippen LogP contribution in [0.3, 0.4) is 0 Å². The number of amides is 1. The van der Waals surface area contributed by atoms with Crippen molar-refractivity contribution in [2.45, 2.75) is 20.8 Å². The molecular formula is C23H25FN2O4. The minimum Gasteiger partial charge on any atom is -0.452 e. The van der Waals surface area contributed by atoms with Crippen LogP contribution in [-0.2, 0) is 9.53 Å². The monoisotopic (exact) mass is 412 g/mol. The molecule has 30 heavy (non-hydrogen) atoms. The normalized spacial score (nSPS) is 13.9.